The van der Waals surface area contributed by atoms with Crippen molar-refractivity contribution in [2.75, 3.05) is 0 Å². The highest BCUT2D eigenvalue weighted by Crippen LogP contribution is 2.16. The highest BCUT2D eigenvalue weighted by atomic mass is 35.5. The van der Waals surface area contributed by atoms with Gasteiger partial charge in [0, 0.05) is 23.5 Å². The van der Waals surface area contributed by atoms with Gasteiger partial charge in [0.25, 0.3) is 0 Å². The lowest BCUT2D eigenvalue weighted by Crippen LogP contribution is -2.11. The van der Waals surface area contributed by atoms with Crippen molar-refractivity contribution >= 4 is 22.9 Å². The zero-order valence-corrected chi connectivity index (χ0v) is 9.07. The van der Waals surface area contributed by atoms with Gasteiger partial charge < -0.3 is 9.73 Å². The van der Waals surface area contributed by atoms with Gasteiger partial charge in [0.1, 0.15) is 0 Å². The first-order valence-electron chi connectivity index (χ1n) is 4.31. The van der Waals surface area contributed by atoms with Gasteiger partial charge in [-0.25, -0.2) is 0 Å². The van der Waals surface area contributed by atoms with Crippen LogP contribution in [-0.4, -0.2) is 0 Å². The lowest BCUT2D eigenvalue weighted by Gasteiger charge is -2.00. The van der Waals surface area contributed by atoms with Crippen LogP contribution in [0.2, 0.25) is 5.22 Å². The van der Waals surface area contributed by atoms with Crippen molar-refractivity contribution in [3.05, 3.63) is 45.5 Å². The predicted molar refractivity (Wildman–Crippen MR) is 58.6 cm³/mol. The Hall–Kier alpha value is -0.770. The van der Waals surface area contributed by atoms with E-state index in [1.807, 2.05) is 12.1 Å². The van der Waals surface area contributed by atoms with Gasteiger partial charge in [-0.15, -0.1) is 11.3 Å². The van der Waals surface area contributed by atoms with Crippen LogP contribution < -0.4 is 5.32 Å². The van der Waals surface area contributed by atoms with E-state index in [0.717, 1.165) is 18.7 Å². The first-order valence-corrected chi connectivity index (χ1v) is 5.57. The molecule has 14 heavy (non-hydrogen) atoms. The van der Waals surface area contributed by atoms with Gasteiger partial charge in [0.05, 0.1) is 6.26 Å². The van der Waals surface area contributed by atoms with Crippen LogP contribution in [0.25, 0.3) is 0 Å². The maximum Gasteiger partial charge on any atom is 0.197 e. The molecule has 2 rings (SSSR count). The van der Waals surface area contributed by atoms with Crippen LogP contribution in [-0.2, 0) is 13.1 Å². The summed E-state index contributed by atoms with van der Waals surface area (Å²) >= 11 is 7.54. The Morgan fingerprint density at radius 1 is 1.36 bits per heavy atom. The van der Waals surface area contributed by atoms with Gasteiger partial charge in [-0.1, -0.05) is 6.07 Å². The van der Waals surface area contributed by atoms with E-state index in [-0.39, 0.29) is 0 Å². The summed E-state index contributed by atoms with van der Waals surface area (Å²) in [6.07, 6.45) is 1.60. The summed E-state index contributed by atoms with van der Waals surface area (Å²) in [5.74, 6) is 0. The number of nitrogens with one attached hydrogen (secondary N) is 1. The van der Waals surface area contributed by atoms with Crippen molar-refractivity contribution < 1.29 is 4.42 Å². The number of hydrogen-bond donors (Lipinski definition) is 1. The van der Waals surface area contributed by atoms with Gasteiger partial charge in [-0.3, -0.25) is 0 Å². The summed E-state index contributed by atoms with van der Waals surface area (Å²) in [5, 5.41) is 5.84. The summed E-state index contributed by atoms with van der Waals surface area (Å²) in [7, 11) is 0. The third-order valence-corrected chi connectivity index (χ3v) is 3.10. The molecular formula is C10H10ClNOS. The van der Waals surface area contributed by atoms with Crippen molar-refractivity contribution in [2.45, 2.75) is 13.1 Å². The molecular weight excluding hydrogens is 218 g/mol. The molecule has 0 atom stereocenters. The fourth-order valence-electron chi connectivity index (χ4n) is 1.18. The second-order valence-corrected chi connectivity index (χ2v) is 4.28. The molecule has 0 unspecified atom stereocenters. The first-order chi connectivity index (χ1) is 6.86. The van der Waals surface area contributed by atoms with Crippen molar-refractivity contribution in [2.24, 2.45) is 0 Å². The molecule has 0 aliphatic heterocycles. The molecule has 0 spiro atoms. The number of halogens is 1. The molecule has 0 aliphatic carbocycles. The summed E-state index contributed by atoms with van der Waals surface area (Å²) in [6.45, 7) is 1.62. The Labute approximate surface area is 91.5 Å². The number of furan rings is 1. The van der Waals surface area contributed by atoms with E-state index in [2.05, 4.69) is 16.8 Å². The van der Waals surface area contributed by atoms with E-state index in [0.29, 0.717) is 5.22 Å². The van der Waals surface area contributed by atoms with Gasteiger partial charge in [-0.2, -0.15) is 0 Å². The van der Waals surface area contributed by atoms with Gasteiger partial charge in [-0.05, 0) is 29.1 Å². The average Bonchev–Trinajstić information content (AvgIpc) is 2.78. The van der Waals surface area contributed by atoms with Gasteiger partial charge in [0.2, 0.25) is 0 Å². The zero-order valence-electron chi connectivity index (χ0n) is 7.50. The lowest BCUT2D eigenvalue weighted by atomic mass is 10.3. The molecule has 0 amide bonds. The Morgan fingerprint density at radius 2 is 2.29 bits per heavy atom. The number of rotatable bonds is 4. The van der Waals surface area contributed by atoms with Crippen LogP contribution in [0.4, 0.5) is 0 Å². The van der Waals surface area contributed by atoms with Crippen LogP contribution in [0.1, 0.15) is 10.4 Å². The first kappa shape index (κ1) is 9.77. The molecule has 2 aromatic heterocycles. The summed E-state index contributed by atoms with van der Waals surface area (Å²) in [6, 6.07) is 6.03. The normalized spacial score (nSPS) is 10.6. The van der Waals surface area contributed by atoms with Crippen LogP contribution >= 0.6 is 22.9 Å². The smallest absolute Gasteiger partial charge is 0.197 e. The maximum absolute atomic E-state index is 5.80. The van der Waals surface area contributed by atoms with Crippen LogP contribution in [0.5, 0.6) is 0 Å². The molecule has 0 saturated carbocycles. The lowest BCUT2D eigenvalue weighted by molar-refractivity contribution is 0.562. The van der Waals surface area contributed by atoms with Crippen molar-refractivity contribution in [1.29, 1.82) is 0 Å². The van der Waals surface area contributed by atoms with Gasteiger partial charge >= 0.3 is 0 Å². The molecule has 0 saturated heterocycles. The molecule has 0 bridgehead atoms. The fraction of sp³-hybridized carbons (Fsp3) is 0.200. The molecule has 74 valence electrons. The highest BCUT2D eigenvalue weighted by Gasteiger charge is 2.02. The van der Waals surface area contributed by atoms with Gasteiger partial charge in [0.15, 0.2) is 5.22 Å². The fourth-order valence-corrected chi connectivity index (χ4v) is 2.03. The molecule has 1 N–H and O–H groups in total. The van der Waals surface area contributed by atoms with E-state index in [9.17, 15) is 0 Å². The SMILES string of the molecule is Clc1occc1CNCc1cccs1. The zero-order chi connectivity index (χ0) is 9.80. The topological polar surface area (TPSA) is 25.2 Å². The Bertz CT molecular complexity index is 382. The van der Waals surface area contributed by atoms with Crippen LogP contribution in [0, 0.1) is 0 Å². The molecule has 2 nitrogen and oxygen atoms in total. The third-order valence-electron chi connectivity index (χ3n) is 1.89. The second-order valence-electron chi connectivity index (χ2n) is 2.90. The van der Waals surface area contributed by atoms with Crippen molar-refractivity contribution in [3.8, 4) is 0 Å². The minimum absolute atomic E-state index is 0.476. The molecule has 0 radical (unpaired) electrons. The molecule has 4 heteroatoms. The molecule has 2 heterocycles. The summed E-state index contributed by atoms with van der Waals surface area (Å²) in [5.41, 5.74) is 1.00. The predicted octanol–water partition coefficient (Wildman–Crippen LogP) is 3.28. The largest absolute Gasteiger partial charge is 0.453 e. The molecule has 0 aliphatic rings. The molecule has 0 aromatic carbocycles. The summed E-state index contributed by atoms with van der Waals surface area (Å²) < 4.78 is 4.98. The standard InChI is InChI=1S/C10H10ClNOS/c11-10-8(3-4-13-10)6-12-7-9-2-1-5-14-9/h1-5,12H,6-7H2. The average molecular weight is 228 g/mol. The minimum atomic E-state index is 0.476. The van der Waals surface area contributed by atoms with E-state index < -0.39 is 0 Å². The third kappa shape index (κ3) is 2.38. The van der Waals surface area contributed by atoms with E-state index in [1.54, 1.807) is 17.6 Å². The Balaban J connectivity index is 1.81. The van der Waals surface area contributed by atoms with Crippen LogP contribution in [0.3, 0.4) is 0 Å². The van der Waals surface area contributed by atoms with E-state index in [1.165, 1.54) is 4.88 Å². The number of hydrogen-bond acceptors (Lipinski definition) is 3. The minimum Gasteiger partial charge on any atom is -0.453 e. The van der Waals surface area contributed by atoms with Crippen LogP contribution in [0.15, 0.2) is 34.3 Å². The second kappa shape index (κ2) is 4.64. The molecule has 2 aromatic rings. The monoisotopic (exact) mass is 227 g/mol. The maximum atomic E-state index is 5.80. The highest BCUT2D eigenvalue weighted by molar-refractivity contribution is 7.09. The summed E-state index contributed by atoms with van der Waals surface area (Å²) in [4.78, 5) is 1.32. The van der Waals surface area contributed by atoms with E-state index in [4.69, 9.17) is 16.0 Å². The van der Waals surface area contributed by atoms with Crippen molar-refractivity contribution in [3.63, 3.8) is 0 Å². The quantitative estimate of drug-likeness (QED) is 0.867. The molecule has 0 fully saturated rings. The number of thiophene rings is 1. The Morgan fingerprint density at radius 3 is 2.93 bits per heavy atom. The van der Waals surface area contributed by atoms with E-state index >= 15 is 0 Å². The Kier molecular flexibility index (Phi) is 3.24. The van der Waals surface area contributed by atoms with Crippen molar-refractivity contribution in [1.82, 2.24) is 5.32 Å².